The lowest BCUT2D eigenvalue weighted by Gasteiger charge is -2.13. The standard InChI is InChI=1S/C16H14ClN5O4S/c1-8(27-16-20-12-5-9(17)7-18-14(12)21-16)15(23)19-11-6-10(22(24)25)3-4-13(11)26-2/h3-8H,1-2H3,(H,19,23)(H,18,20,21)/t8-/m0/s1. The van der Waals surface area contributed by atoms with E-state index in [2.05, 4.69) is 20.3 Å². The van der Waals surface area contributed by atoms with Crippen molar-refractivity contribution in [1.29, 1.82) is 0 Å². The predicted octanol–water partition coefficient (Wildman–Crippen LogP) is 3.65. The molecule has 1 aromatic carbocycles. The number of anilines is 1. The van der Waals surface area contributed by atoms with Crippen molar-refractivity contribution >= 4 is 51.8 Å². The summed E-state index contributed by atoms with van der Waals surface area (Å²) in [6, 6.07) is 5.68. The third-order valence-electron chi connectivity index (χ3n) is 3.59. The number of methoxy groups -OCH3 is 1. The van der Waals surface area contributed by atoms with Gasteiger partial charge in [0.25, 0.3) is 5.69 Å². The van der Waals surface area contributed by atoms with Crippen LogP contribution in [-0.2, 0) is 4.79 Å². The summed E-state index contributed by atoms with van der Waals surface area (Å²) in [5.41, 5.74) is 1.24. The lowest BCUT2D eigenvalue weighted by atomic mass is 10.2. The van der Waals surface area contributed by atoms with E-state index < -0.39 is 10.2 Å². The number of amides is 1. The molecule has 0 saturated carbocycles. The largest absolute Gasteiger partial charge is 0.495 e. The third kappa shape index (κ3) is 4.29. The molecular weight excluding hydrogens is 394 g/mol. The number of H-pyrrole nitrogens is 1. The Labute approximate surface area is 162 Å². The molecule has 0 bridgehead atoms. The van der Waals surface area contributed by atoms with Gasteiger partial charge in [0.2, 0.25) is 5.91 Å². The van der Waals surface area contributed by atoms with Gasteiger partial charge in [0.15, 0.2) is 10.8 Å². The van der Waals surface area contributed by atoms with Crippen molar-refractivity contribution in [2.75, 3.05) is 12.4 Å². The highest BCUT2D eigenvalue weighted by molar-refractivity contribution is 8.00. The molecule has 2 heterocycles. The number of nitrogens with zero attached hydrogens (tertiary/aromatic N) is 3. The molecule has 27 heavy (non-hydrogen) atoms. The SMILES string of the molecule is COc1ccc([N+](=O)[O-])cc1NC(=O)[C@H](C)Sc1nc2ncc(Cl)cc2[nH]1. The number of nitro groups is 1. The molecule has 9 nitrogen and oxygen atoms in total. The monoisotopic (exact) mass is 407 g/mol. The molecule has 2 N–H and O–H groups in total. The first-order chi connectivity index (χ1) is 12.9. The first-order valence-electron chi connectivity index (χ1n) is 7.68. The molecule has 0 aliphatic rings. The van der Waals surface area contributed by atoms with Gasteiger partial charge in [-0.3, -0.25) is 14.9 Å². The Morgan fingerprint density at radius 3 is 2.93 bits per heavy atom. The second-order valence-electron chi connectivity index (χ2n) is 5.46. The van der Waals surface area contributed by atoms with Crippen molar-refractivity contribution in [2.45, 2.75) is 17.3 Å². The first-order valence-corrected chi connectivity index (χ1v) is 8.94. The van der Waals surface area contributed by atoms with Gasteiger partial charge in [-0.15, -0.1) is 0 Å². The van der Waals surface area contributed by atoms with E-state index >= 15 is 0 Å². The highest BCUT2D eigenvalue weighted by Gasteiger charge is 2.20. The number of carbonyl (C=O) groups excluding carboxylic acids is 1. The zero-order chi connectivity index (χ0) is 19.6. The number of pyridine rings is 1. The van der Waals surface area contributed by atoms with Crippen LogP contribution in [0.2, 0.25) is 5.02 Å². The fourth-order valence-corrected chi connectivity index (χ4v) is 3.24. The number of hydrogen-bond acceptors (Lipinski definition) is 7. The number of nitrogens with one attached hydrogen (secondary N) is 2. The zero-order valence-corrected chi connectivity index (χ0v) is 15.8. The number of fused-ring (bicyclic) bond motifs is 1. The Bertz CT molecular complexity index is 1030. The Morgan fingerprint density at radius 2 is 2.22 bits per heavy atom. The summed E-state index contributed by atoms with van der Waals surface area (Å²) < 4.78 is 5.15. The quantitative estimate of drug-likeness (QED) is 0.363. The van der Waals surface area contributed by atoms with Crippen LogP contribution in [0.5, 0.6) is 5.75 Å². The van der Waals surface area contributed by atoms with E-state index in [0.717, 1.165) is 0 Å². The maximum Gasteiger partial charge on any atom is 0.271 e. The second-order valence-corrected chi connectivity index (χ2v) is 7.22. The van der Waals surface area contributed by atoms with Crippen LogP contribution in [-0.4, -0.2) is 38.1 Å². The Kier molecular flexibility index (Phi) is 5.47. The average Bonchev–Trinajstić information content (AvgIpc) is 3.02. The Balaban J connectivity index is 1.75. The van der Waals surface area contributed by atoms with Crippen molar-refractivity contribution < 1.29 is 14.5 Å². The van der Waals surface area contributed by atoms with E-state index in [1.54, 1.807) is 13.0 Å². The molecule has 0 aliphatic carbocycles. The van der Waals surface area contributed by atoms with E-state index in [-0.39, 0.29) is 17.3 Å². The van der Waals surface area contributed by atoms with Crippen LogP contribution in [0.3, 0.4) is 0 Å². The van der Waals surface area contributed by atoms with Gasteiger partial charge in [-0.1, -0.05) is 23.4 Å². The molecular formula is C16H14ClN5O4S. The highest BCUT2D eigenvalue weighted by atomic mass is 35.5. The minimum absolute atomic E-state index is 0.147. The number of aromatic nitrogens is 3. The van der Waals surface area contributed by atoms with Gasteiger partial charge in [0.05, 0.1) is 33.5 Å². The number of non-ortho nitro benzene ring substituents is 1. The molecule has 0 saturated heterocycles. The van der Waals surface area contributed by atoms with Crippen LogP contribution in [0.1, 0.15) is 6.92 Å². The number of ether oxygens (including phenoxy) is 1. The fourth-order valence-electron chi connectivity index (χ4n) is 2.27. The van der Waals surface area contributed by atoms with E-state index in [1.165, 1.54) is 43.3 Å². The smallest absolute Gasteiger partial charge is 0.271 e. The molecule has 0 spiro atoms. The topological polar surface area (TPSA) is 123 Å². The summed E-state index contributed by atoms with van der Waals surface area (Å²) in [7, 11) is 1.42. The van der Waals surface area contributed by atoms with Crippen LogP contribution in [0.25, 0.3) is 11.2 Å². The zero-order valence-electron chi connectivity index (χ0n) is 14.2. The maximum absolute atomic E-state index is 12.5. The molecule has 2 aromatic heterocycles. The van der Waals surface area contributed by atoms with Crippen molar-refractivity contribution in [2.24, 2.45) is 0 Å². The third-order valence-corrected chi connectivity index (χ3v) is 4.78. The second kappa shape index (κ2) is 7.80. The summed E-state index contributed by atoms with van der Waals surface area (Å²) in [5.74, 6) is -0.0287. The molecule has 3 rings (SSSR count). The van der Waals surface area contributed by atoms with E-state index in [0.29, 0.717) is 27.1 Å². The number of aromatic amines is 1. The first kappa shape index (κ1) is 18.9. The Hall–Kier alpha value is -2.85. The van der Waals surface area contributed by atoms with Crippen LogP contribution in [0.15, 0.2) is 35.6 Å². The highest BCUT2D eigenvalue weighted by Crippen LogP contribution is 2.30. The molecule has 0 unspecified atom stereocenters. The summed E-state index contributed by atoms with van der Waals surface area (Å²) in [4.78, 5) is 34.3. The number of carbonyl (C=O) groups is 1. The minimum Gasteiger partial charge on any atom is -0.495 e. The predicted molar refractivity (Wildman–Crippen MR) is 102 cm³/mol. The lowest BCUT2D eigenvalue weighted by molar-refractivity contribution is -0.384. The van der Waals surface area contributed by atoms with Gasteiger partial charge in [0.1, 0.15) is 5.75 Å². The number of imidazole rings is 1. The number of hydrogen-bond donors (Lipinski definition) is 2. The Morgan fingerprint density at radius 1 is 1.44 bits per heavy atom. The molecule has 0 fully saturated rings. The molecule has 3 aromatic rings. The van der Waals surface area contributed by atoms with Crippen molar-refractivity contribution in [3.8, 4) is 5.75 Å². The van der Waals surface area contributed by atoms with E-state index in [9.17, 15) is 14.9 Å². The normalized spacial score (nSPS) is 12.0. The fraction of sp³-hybridized carbons (Fsp3) is 0.188. The van der Waals surface area contributed by atoms with Crippen molar-refractivity contribution in [3.05, 3.63) is 45.6 Å². The summed E-state index contributed by atoms with van der Waals surface area (Å²) in [6.07, 6.45) is 1.49. The van der Waals surface area contributed by atoms with Gasteiger partial charge in [0, 0.05) is 18.3 Å². The number of thioether (sulfide) groups is 1. The molecule has 1 amide bonds. The van der Waals surface area contributed by atoms with Crippen molar-refractivity contribution in [3.63, 3.8) is 0 Å². The molecule has 0 radical (unpaired) electrons. The van der Waals surface area contributed by atoms with Crippen LogP contribution in [0.4, 0.5) is 11.4 Å². The molecule has 11 heteroatoms. The number of halogens is 1. The lowest BCUT2D eigenvalue weighted by Crippen LogP contribution is -2.22. The van der Waals surface area contributed by atoms with Crippen molar-refractivity contribution in [1.82, 2.24) is 15.0 Å². The van der Waals surface area contributed by atoms with Gasteiger partial charge >= 0.3 is 0 Å². The number of rotatable bonds is 6. The summed E-state index contributed by atoms with van der Waals surface area (Å²) >= 11 is 7.09. The molecule has 0 aliphatic heterocycles. The van der Waals surface area contributed by atoms with Gasteiger partial charge in [-0.05, 0) is 19.1 Å². The summed E-state index contributed by atoms with van der Waals surface area (Å²) in [6.45, 7) is 1.69. The van der Waals surface area contributed by atoms with E-state index in [1.807, 2.05) is 0 Å². The number of benzene rings is 1. The summed E-state index contributed by atoms with van der Waals surface area (Å²) in [5, 5.41) is 14.0. The van der Waals surface area contributed by atoms with Crippen LogP contribution < -0.4 is 10.1 Å². The minimum atomic E-state index is -0.542. The van der Waals surface area contributed by atoms with Gasteiger partial charge in [-0.2, -0.15) is 0 Å². The van der Waals surface area contributed by atoms with E-state index in [4.69, 9.17) is 16.3 Å². The average molecular weight is 408 g/mol. The molecule has 140 valence electrons. The number of nitro benzene ring substituents is 1. The van der Waals surface area contributed by atoms with Crippen LogP contribution >= 0.6 is 23.4 Å². The van der Waals surface area contributed by atoms with Gasteiger partial charge < -0.3 is 15.0 Å². The van der Waals surface area contributed by atoms with Gasteiger partial charge in [-0.25, -0.2) is 9.97 Å². The maximum atomic E-state index is 12.5. The molecule has 1 atom stereocenters. The van der Waals surface area contributed by atoms with Crippen LogP contribution in [0, 0.1) is 10.1 Å².